The van der Waals surface area contributed by atoms with Crippen LogP contribution < -0.4 is 0 Å². The van der Waals surface area contributed by atoms with Crippen LogP contribution in [0.15, 0.2) is 60.8 Å². The van der Waals surface area contributed by atoms with Gasteiger partial charge >= 0.3 is 5.97 Å². The molecule has 0 aliphatic heterocycles. The molecule has 2 heterocycles. The third-order valence-electron chi connectivity index (χ3n) is 3.66. The Morgan fingerprint density at radius 2 is 1.48 bits per heavy atom. The number of aromatic carboxylic acids is 1. The van der Waals surface area contributed by atoms with Crippen molar-refractivity contribution in [2.24, 2.45) is 0 Å². The largest absolute Gasteiger partial charge is 0.478 e. The molecule has 4 rings (SSSR count). The lowest BCUT2D eigenvalue weighted by atomic mass is 10.1. The fraction of sp³-hybridized carbons (Fsp3) is 0. The number of aromatic nitrogens is 3. The van der Waals surface area contributed by atoms with E-state index in [0.717, 1.165) is 11.0 Å². The molecule has 1 N–H and O–H groups in total. The van der Waals surface area contributed by atoms with E-state index < -0.39 is 5.97 Å². The Morgan fingerprint density at radius 1 is 0.826 bits per heavy atom. The molecule has 110 valence electrons. The molecule has 0 atom stereocenters. The summed E-state index contributed by atoms with van der Waals surface area (Å²) < 4.78 is 0. The molecule has 0 aliphatic rings. The molecule has 5 heteroatoms. The number of benzene rings is 2. The second kappa shape index (κ2) is 5.14. The van der Waals surface area contributed by atoms with E-state index >= 15 is 0 Å². The molecule has 0 unspecified atom stereocenters. The third-order valence-corrected chi connectivity index (χ3v) is 3.66. The zero-order valence-corrected chi connectivity index (χ0v) is 12.0. The van der Waals surface area contributed by atoms with Crippen molar-refractivity contribution < 1.29 is 9.90 Å². The SMILES string of the molecule is O=C(O)c1cc(-c2cnc3ccccc3n2)nc2ccccc12. The first-order valence-electron chi connectivity index (χ1n) is 7.07. The molecule has 0 fully saturated rings. The van der Waals surface area contributed by atoms with Gasteiger partial charge in [-0.2, -0.15) is 0 Å². The lowest BCUT2D eigenvalue weighted by Gasteiger charge is -2.07. The van der Waals surface area contributed by atoms with Crippen molar-refractivity contribution in [3.8, 4) is 11.4 Å². The number of carboxylic acids is 1. The molecular weight excluding hydrogens is 290 g/mol. The first-order chi connectivity index (χ1) is 11.2. The maximum Gasteiger partial charge on any atom is 0.336 e. The number of fused-ring (bicyclic) bond motifs is 2. The first-order valence-corrected chi connectivity index (χ1v) is 7.07. The average Bonchev–Trinajstić information content (AvgIpc) is 2.60. The van der Waals surface area contributed by atoms with Gasteiger partial charge in [-0.1, -0.05) is 30.3 Å². The van der Waals surface area contributed by atoms with Crippen LogP contribution >= 0.6 is 0 Å². The van der Waals surface area contributed by atoms with Crippen LogP contribution in [0.5, 0.6) is 0 Å². The monoisotopic (exact) mass is 301 g/mol. The van der Waals surface area contributed by atoms with Gasteiger partial charge in [0.1, 0.15) is 5.69 Å². The summed E-state index contributed by atoms with van der Waals surface area (Å²) in [5.74, 6) is -0.987. The highest BCUT2D eigenvalue weighted by Gasteiger charge is 2.13. The van der Waals surface area contributed by atoms with E-state index in [1.807, 2.05) is 30.3 Å². The van der Waals surface area contributed by atoms with Crippen LogP contribution in [0, 0.1) is 0 Å². The van der Waals surface area contributed by atoms with Gasteiger partial charge in [-0.15, -0.1) is 0 Å². The quantitative estimate of drug-likeness (QED) is 0.613. The number of hydrogen-bond acceptors (Lipinski definition) is 4. The summed E-state index contributed by atoms with van der Waals surface area (Å²) in [6.07, 6.45) is 1.62. The van der Waals surface area contributed by atoms with E-state index in [0.29, 0.717) is 22.3 Å². The second-order valence-electron chi connectivity index (χ2n) is 5.12. The molecule has 0 aliphatic carbocycles. The third kappa shape index (κ3) is 2.28. The van der Waals surface area contributed by atoms with Gasteiger partial charge in [-0.05, 0) is 24.3 Å². The zero-order chi connectivity index (χ0) is 15.8. The fourth-order valence-electron chi connectivity index (χ4n) is 2.56. The molecule has 0 spiro atoms. The molecule has 0 saturated carbocycles. The number of pyridine rings is 1. The minimum atomic E-state index is -0.987. The van der Waals surface area contributed by atoms with Crippen LogP contribution in [-0.4, -0.2) is 26.0 Å². The zero-order valence-electron chi connectivity index (χ0n) is 12.0. The van der Waals surface area contributed by atoms with Crippen molar-refractivity contribution in [3.05, 3.63) is 66.4 Å². The highest BCUT2D eigenvalue weighted by atomic mass is 16.4. The van der Waals surface area contributed by atoms with Gasteiger partial charge in [-0.25, -0.2) is 14.8 Å². The molecule has 5 nitrogen and oxygen atoms in total. The van der Waals surface area contributed by atoms with Crippen molar-refractivity contribution in [1.29, 1.82) is 0 Å². The minimum Gasteiger partial charge on any atom is -0.478 e. The van der Waals surface area contributed by atoms with Crippen molar-refractivity contribution >= 4 is 27.9 Å². The number of rotatable bonds is 2. The molecule has 4 aromatic rings. The number of para-hydroxylation sites is 3. The predicted molar refractivity (Wildman–Crippen MR) is 87.2 cm³/mol. The summed E-state index contributed by atoms with van der Waals surface area (Å²) in [7, 11) is 0. The van der Waals surface area contributed by atoms with E-state index in [2.05, 4.69) is 15.0 Å². The Balaban J connectivity index is 1.98. The van der Waals surface area contributed by atoms with E-state index in [9.17, 15) is 9.90 Å². The normalized spacial score (nSPS) is 11.0. The number of nitrogens with zero attached hydrogens (tertiary/aromatic N) is 3. The molecule has 0 amide bonds. The molecule has 0 saturated heterocycles. The topological polar surface area (TPSA) is 76.0 Å². The summed E-state index contributed by atoms with van der Waals surface area (Å²) in [4.78, 5) is 25.0. The van der Waals surface area contributed by atoms with Gasteiger partial charge in [0.15, 0.2) is 0 Å². The van der Waals surface area contributed by atoms with Gasteiger partial charge in [0, 0.05) is 5.39 Å². The Bertz CT molecular complexity index is 1060. The molecule has 0 bridgehead atoms. The summed E-state index contributed by atoms with van der Waals surface area (Å²) in [5, 5.41) is 10.1. The van der Waals surface area contributed by atoms with Gasteiger partial charge < -0.3 is 5.11 Å². The number of hydrogen-bond donors (Lipinski definition) is 1. The van der Waals surface area contributed by atoms with Gasteiger partial charge in [0.05, 0.1) is 34.0 Å². The molecular formula is C18H11N3O2. The van der Waals surface area contributed by atoms with Crippen molar-refractivity contribution in [2.45, 2.75) is 0 Å². The average molecular weight is 301 g/mol. The van der Waals surface area contributed by atoms with Crippen LogP contribution in [-0.2, 0) is 0 Å². The Kier molecular flexibility index (Phi) is 2.98. The van der Waals surface area contributed by atoms with Crippen LogP contribution in [0.3, 0.4) is 0 Å². The Hall–Kier alpha value is -3.34. The number of carboxylic acid groups (broad SMARTS) is 1. The van der Waals surface area contributed by atoms with Crippen LogP contribution in [0.2, 0.25) is 0 Å². The van der Waals surface area contributed by atoms with Crippen LogP contribution in [0.25, 0.3) is 33.3 Å². The smallest absolute Gasteiger partial charge is 0.336 e. The Morgan fingerprint density at radius 3 is 2.26 bits per heavy atom. The summed E-state index contributed by atoms with van der Waals surface area (Å²) in [5.41, 5.74) is 3.42. The van der Waals surface area contributed by atoms with Gasteiger partial charge in [0.2, 0.25) is 0 Å². The summed E-state index contributed by atoms with van der Waals surface area (Å²) >= 11 is 0. The lowest BCUT2D eigenvalue weighted by Crippen LogP contribution is -2.01. The highest BCUT2D eigenvalue weighted by molar-refractivity contribution is 6.03. The minimum absolute atomic E-state index is 0.209. The molecule has 2 aromatic heterocycles. The van der Waals surface area contributed by atoms with Crippen LogP contribution in [0.1, 0.15) is 10.4 Å². The summed E-state index contributed by atoms with van der Waals surface area (Å²) in [6.45, 7) is 0. The standard InChI is InChI=1S/C18H11N3O2/c22-18(23)12-9-16(20-13-6-2-1-5-11(12)13)17-10-19-14-7-3-4-8-15(14)21-17/h1-10H,(H,22,23). The van der Waals surface area contributed by atoms with E-state index in [1.54, 1.807) is 30.5 Å². The van der Waals surface area contributed by atoms with Crippen LogP contribution in [0.4, 0.5) is 0 Å². The summed E-state index contributed by atoms with van der Waals surface area (Å²) in [6, 6.07) is 16.2. The Labute approximate surface area is 131 Å². The van der Waals surface area contributed by atoms with Gasteiger partial charge in [0.25, 0.3) is 0 Å². The maximum atomic E-state index is 11.5. The molecule has 23 heavy (non-hydrogen) atoms. The maximum absolute atomic E-state index is 11.5. The highest BCUT2D eigenvalue weighted by Crippen LogP contribution is 2.24. The van der Waals surface area contributed by atoms with Crippen molar-refractivity contribution in [3.63, 3.8) is 0 Å². The van der Waals surface area contributed by atoms with Gasteiger partial charge in [-0.3, -0.25) is 4.98 Å². The predicted octanol–water partition coefficient (Wildman–Crippen LogP) is 3.54. The second-order valence-corrected chi connectivity index (χ2v) is 5.12. The first kappa shape index (κ1) is 13.3. The fourth-order valence-corrected chi connectivity index (χ4v) is 2.56. The van der Waals surface area contributed by atoms with E-state index in [4.69, 9.17) is 0 Å². The van der Waals surface area contributed by atoms with E-state index in [-0.39, 0.29) is 5.56 Å². The van der Waals surface area contributed by atoms with E-state index in [1.165, 1.54) is 0 Å². The number of carbonyl (C=O) groups is 1. The van der Waals surface area contributed by atoms with Crippen molar-refractivity contribution in [2.75, 3.05) is 0 Å². The molecule has 2 aromatic carbocycles. The lowest BCUT2D eigenvalue weighted by molar-refractivity contribution is 0.0699. The van der Waals surface area contributed by atoms with Crippen molar-refractivity contribution in [1.82, 2.24) is 15.0 Å². The molecule has 0 radical (unpaired) electrons.